The van der Waals surface area contributed by atoms with Crippen molar-refractivity contribution >= 4 is 40.7 Å². The van der Waals surface area contributed by atoms with Crippen LogP contribution in [-0.4, -0.2) is 92.4 Å². The Bertz CT molecular complexity index is 1160. The molecule has 2 aliphatic rings. The van der Waals surface area contributed by atoms with Crippen LogP contribution in [0.4, 0.5) is 17.1 Å². The number of anilines is 3. The van der Waals surface area contributed by atoms with Crippen LogP contribution in [0, 0.1) is 0 Å². The molecule has 2 heterocycles. The summed E-state index contributed by atoms with van der Waals surface area (Å²) in [6.07, 6.45) is -0.146. The quantitative estimate of drug-likeness (QED) is 0.475. The van der Waals surface area contributed by atoms with E-state index in [1.807, 2.05) is 24.3 Å². The summed E-state index contributed by atoms with van der Waals surface area (Å²) >= 11 is 0. The molecule has 1 atom stereocenters. The van der Waals surface area contributed by atoms with Crippen LogP contribution < -0.4 is 25.6 Å². The van der Waals surface area contributed by atoms with Crippen LogP contribution in [0.15, 0.2) is 48.5 Å². The SMILES string of the molecule is COc1ccccc1N1CCN(CC(=O)N2CCNC(=O)[C@@H]2CC(=O)Nc2ccc(NC(C)=O)cc2)CC1. The van der Waals surface area contributed by atoms with Crippen molar-refractivity contribution in [2.45, 2.75) is 19.4 Å². The van der Waals surface area contributed by atoms with Gasteiger partial charge in [0.2, 0.25) is 23.6 Å². The van der Waals surface area contributed by atoms with Gasteiger partial charge in [0.05, 0.1) is 25.8 Å². The van der Waals surface area contributed by atoms with E-state index in [4.69, 9.17) is 4.74 Å². The van der Waals surface area contributed by atoms with Crippen molar-refractivity contribution in [3.05, 3.63) is 48.5 Å². The van der Waals surface area contributed by atoms with Crippen LogP contribution in [0.1, 0.15) is 13.3 Å². The van der Waals surface area contributed by atoms with Crippen molar-refractivity contribution in [1.29, 1.82) is 0 Å². The lowest BCUT2D eigenvalue weighted by Crippen LogP contribution is -2.60. The molecule has 0 radical (unpaired) electrons. The van der Waals surface area contributed by atoms with E-state index < -0.39 is 6.04 Å². The van der Waals surface area contributed by atoms with Gasteiger partial charge in [0.15, 0.2) is 0 Å². The maximum Gasteiger partial charge on any atom is 0.243 e. The monoisotopic (exact) mass is 522 g/mol. The number of nitrogens with zero attached hydrogens (tertiary/aromatic N) is 3. The number of carbonyl (C=O) groups excluding carboxylic acids is 4. The van der Waals surface area contributed by atoms with Gasteiger partial charge >= 0.3 is 0 Å². The first kappa shape index (κ1) is 26.9. The lowest BCUT2D eigenvalue weighted by molar-refractivity contribution is -0.145. The predicted molar refractivity (Wildman–Crippen MR) is 144 cm³/mol. The van der Waals surface area contributed by atoms with E-state index in [0.717, 1.165) is 24.5 Å². The van der Waals surface area contributed by atoms with E-state index in [0.29, 0.717) is 37.6 Å². The molecule has 38 heavy (non-hydrogen) atoms. The topological polar surface area (TPSA) is 123 Å². The van der Waals surface area contributed by atoms with Crippen LogP contribution in [0.3, 0.4) is 0 Å². The molecule has 0 bridgehead atoms. The molecular weight excluding hydrogens is 488 g/mol. The average molecular weight is 523 g/mol. The summed E-state index contributed by atoms with van der Waals surface area (Å²) in [4.78, 5) is 55.6. The summed E-state index contributed by atoms with van der Waals surface area (Å²) in [5.41, 5.74) is 2.18. The highest BCUT2D eigenvalue weighted by Crippen LogP contribution is 2.28. The third kappa shape index (κ3) is 6.80. The summed E-state index contributed by atoms with van der Waals surface area (Å²) in [6, 6.07) is 13.7. The van der Waals surface area contributed by atoms with Gasteiger partial charge < -0.3 is 30.5 Å². The Labute approximate surface area is 222 Å². The maximum atomic E-state index is 13.2. The highest BCUT2D eigenvalue weighted by atomic mass is 16.5. The number of nitrogens with one attached hydrogen (secondary N) is 3. The fourth-order valence-corrected chi connectivity index (χ4v) is 4.76. The molecule has 202 valence electrons. The van der Waals surface area contributed by atoms with E-state index in [1.165, 1.54) is 11.8 Å². The maximum absolute atomic E-state index is 13.2. The molecule has 0 aliphatic carbocycles. The molecule has 4 amide bonds. The van der Waals surface area contributed by atoms with Gasteiger partial charge in [-0.25, -0.2) is 0 Å². The highest BCUT2D eigenvalue weighted by molar-refractivity contribution is 5.98. The number of para-hydroxylation sites is 2. The smallest absolute Gasteiger partial charge is 0.243 e. The third-order valence-corrected chi connectivity index (χ3v) is 6.68. The van der Waals surface area contributed by atoms with Crippen LogP contribution in [-0.2, 0) is 19.2 Å². The zero-order chi connectivity index (χ0) is 27.1. The largest absolute Gasteiger partial charge is 0.495 e. The Morgan fingerprint density at radius 3 is 2.26 bits per heavy atom. The zero-order valence-corrected chi connectivity index (χ0v) is 21.7. The summed E-state index contributed by atoms with van der Waals surface area (Å²) in [7, 11) is 1.66. The Morgan fingerprint density at radius 1 is 0.947 bits per heavy atom. The molecule has 2 aliphatic heterocycles. The van der Waals surface area contributed by atoms with E-state index in [9.17, 15) is 19.2 Å². The van der Waals surface area contributed by atoms with Crippen LogP contribution >= 0.6 is 0 Å². The Morgan fingerprint density at radius 2 is 1.61 bits per heavy atom. The van der Waals surface area contributed by atoms with Crippen molar-refractivity contribution < 1.29 is 23.9 Å². The van der Waals surface area contributed by atoms with Crippen molar-refractivity contribution in [3.63, 3.8) is 0 Å². The number of hydrogen-bond donors (Lipinski definition) is 3. The number of ether oxygens (including phenoxy) is 1. The summed E-state index contributed by atoms with van der Waals surface area (Å²) in [6.45, 7) is 5.22. The van der Waals surface area contributed by atoms with Crippen molar-refractivity contribution in [2.75, 3.05) is 68.5 Å². The van der Waals surface area contributed by atoms with Gasteiger partial charge in [-0.2, -0.15) is 0 Å². The molecule has 11 heteroatoms. The highest BCUT2D eigenvalue weighted by Gasteiger charge is 2.35. The second kappa shape index (κ2) is 12.4. The molecule has 0 spiro atoms. The average Bonchev–Trinajstić information content (AvgIpc) is 2.91. The number of carbonyl (C=O) groups is 4. The molecular formula is C27H34N6O5. The summed E-state index contributed by atoms with van der Waals surface area (Å²) in [5, 5.41) is 8.19. The lowest BCUT2D eigenvalue weighted by atomic mass is 10.1. The number of piperazine rings is 2. The lowest BCUT2D eigenvalue weighted by Gasteiger charge is -2.39. The standard InChI is InChI=1S/C27H34N6O5/c1-19(34)29-20-7-9-21(10-8-20)30-25(35)17-23-27(37)28-11-12-33(23)26(36)18-31-13-15-32(16-14-31)22-5-3-4-6-24(22)38-2/h3-10,23H,11-18H2,1-2H3,(H,28,37)(H,29,34)(H,30,35)/t23-/m0/s1. The number of benzene rings is 2. The molecule has 0 saturated carbocycles. The van der Waals surface area contributed by atoms with Gasteiger partial charge in [0.1, 0.15) is 11.8 Å². The van der Waals surface area contributed by atoms with Crippen molar-refractivity contribution in [1.82, 2.24) is 15.1 Å². The first-order chi connectivity index (χ1) is 18.3. The molecule has 4 rings (SSSR count). The van der Waals surface area contributed by atoms with Gasteiger partial charge in [-0.15, -0.1) is 0 Å². The number of amides is 4. The summed E-state index contributed by atoms with van der Waals surface area (Å²) in [5.74, 6) is -0.235. The van der Waals surface area contributed by atoms with Gasteiger partial charge in [0, 0.05) is 57.6 Å². The van der Waals surface area contributed by atoms with E-state index >= 15 is 0 Å². The summed E-state index contributed by atoms with van der Waals surface area (Å²) < 4.78 is 5.48. The Kier molecular flexibility index (Phi) is 8.80. The van der Waals surface area contributed by atoms with E-state index in [2.05, 4.69) is 25.8 Å². The van der Waals surface area contributed by atoms with Gasteiger partial charge in [-0.3, -0.25) is 24.1 Å². The number of rotatable bonds is 8. The van der Waals surface area contributed by atoms with E-state index in [-0.39, 0.29) is 36.6 Å². The minimum atomic E-state index is -0.871. The minimum absolute atomic E-state index is 0.146. The number of hydrogen-bond acceptors (Lipinski definition) is 7. The first-order valence-corrected chi connectivity index (χ1v) is 12.7. The molecule has 3 N–H and O–H groups in total. The van der Waals surface area contributed by atoms with Gasteiger partial charge in [-0.05, 0) is 36.4 Å². The van der Waals surface area contributed by atoms with Crippen molar-refractivity contribution in [2.24, 2.45) is 0 Å². The molecule has 2 fully saturated rings. The zero-order valence-electron chi connectivity index (χ0n) is 21.7. The fraction of sp³-hybridized carbons (Fsp3) is 0.407. The fourth-order valence-electron chi connectivity index (χ4n) is 4.76. The van der Waals surface area contributed by atoms with E-state index in [1.54, 1.807) is 31.4 Å². The molecule has 0 aromatic heterocycles. The Balaban J connectivity index is 1.31. The molecule has 0 unspecified atom stereocenters. The van der Waals surface area contributed by atoms with Gasteiger partial charge in [0.25, 0.3) is 0 Å². The second-order valence-electron chi connectivity index (χ2n) is 9.34. The molecule has 2 saturated heterocycles. The molecule has 11 nitrogen and oxygen atoms in total. The number of methoxy groups -OCH3 is 1. The van der Waals surface area contributed by atoms with Crippen molar-refractivity contribution in [3.8, 4) is 5.75 Å². The Hall–Kier alpha value is -4.12. The minimum Gasteiger partial charge on any atom is -0.495 e. The van der Waals surface area contributed by atoms with Crippen LogP contribution in [0.5, 0.6) is 5.75 Å². The molecule has 2 aromatic carbocycles. The normalized spacial score (nSPS) is 17.9. The third-order valence-electron chi connectivity index (χ3n) is 6.68. The van der Waals surface area contributed by atoms with Crippen LogP contribution in [0.25, 0.3) is 0 Å². The first-order valence-electron chi connectivity index (χ1n) is 12.7. The predicted octanol–water partition coefficient (Wildman–Crippen LogP) is 1.13. The van der Waals surface area contributed by atoms with Crippen LogP contribution in [0.2, 0.25) is 0 Å². The second-order valence-corrected chi connectivity index (χ2v) is 9.34. The van der Waals surface area contributed by atoms with Gasteiger partial charge in [-0.1, -0.05) is 12.1 Å². The molecule has 2 aromatic rings.